The third kappa shape index (κ3) is 1.98. The van der Waals surface area contributed by atoms with Crippen molar-refractivity contribution in [2.24, 2.45) is 0 Å². The van der Waals surface area contributed by atoms with Crippen LogP contribution in [0.4, 0.5) is 0 Å². The Morgan fingerprint density at radius 2 is 2.40 bits per heavy atom. The molecule has 15 heavy (non-hydrogen) atoms. The van der Waals surface area contributed by atoms with Gasteiger partial charge in [0.1, 0.15) is 5.75 Å². The molecule has 0 saturated carbocycles. The fourth-order valence-corrected chi connectivity index (χ4v) is 2.24. The smallest absolute Gasteiger partial charge is 0.123 e. The molecule has 0 radical (unpaired) electrons. The summed E-state index contributed by atoms with van der Waals surface area (Å²) in [4.78, 5) is 0. The minimum atomic E-state index is 0.204. The topological polar surface area (TPSA) is 41.5 Å². The Morgan fingerprint density at radius 3 is 3.13 bits per heavy atom. The second-order valence-corrected chi connectivity index (χ2v) is 3.80. The summed E-state index contributed by atoms with van der Waals surface area (Å²) in [7, 11) is 1.69. The molecule has 1 aromatic carbocycles. The van der Waals surface area contributed by atoms with Gasteiger partial charge in [0.25, 0.3) is 0 Å². The lowest BCUT2D eigenvalue weighted by atomic mass is 9.92. The number of ether oxygens (including phenoxy) is 1. The molecule has 0 aliphatic carbocycles. The molecule has 3 heteroatoms. The lowest BCUT2D eigenvalue weighted by molar-refractivity contribution is 0.260. The number of methoxy groups -OCH3 is 1. The maximum absolute atomic E-state index is 9.03. The van der Waals surface area contributed by atoms with Crippen molar-refractivity contribution in [2.45, 2.75) is 18.9 Å². The molecule has 0 amide bonds. The Balaban J connectivity index is 2.38. The predicted octanol–water partition coefficient (Wildman–Crippen LogP) is 1.26. The number of fused-ring (bicyclic) bond motifs is 1. The average Bonchev–Trinajstić information content (AvgIpc) is 2.29. The van der Waals surface area contributed by atoms with Crippen LogP contribution in [0.25, 0.3) is 0 Å². The van der Waals surface area contributed by atoms with E-state index in [1.807, 2.05) is 12.1 Å². The van der Waals surface area contributed by atoms with Crippen LogP contribution in [-0.4, -0.2) is 25.4 Å². The van der Waals surface area contributed by atoms with E-state index in [1.54, 1.807) is 7.11 Å². The van der Waals surface area contributed by atoms with Gasteiger partial charge in [-0.25, -0.2) is 0 Å². The van der Waals surface area contributed by atoms with Crippen molar-refractivity contribution in [1.82, 2.24) is 5.32 Å². The van der Waals surface area contributed by atoms with Crippen molar-refractivity contribution in [1.29, 1.82) is 0 Å². The van der Waals surface area contributed by atoms with E-state index in [9.17, 15) is 0 Å². The highest BCUT2D eigenvalue weighted by Crippen LogP contribution is 2.33. The molecule has 0 spiro atoms. The minimum absolute atomic E-state index is 0.204. The van der Waals surface area contributed by atoms with E-state index in [1.165, 1.54) is 11.1 Å². The summed E-state index contributed by atoms with van der Waals surface area (Å²) >= 11 is 0. The van der Waals surface area contributed by atoms with Gasteiger partial charge < -0.3 is 15.2 Å². The van der Waals surface area contributed by atoms with E-state index in [0.717, 1.165) is 25.1 Å². The van der Waals surface area contributed by atoms with Gasteiger partial charge in [-0.05, 0) is 31.0 Å². The molecule has 1 heterocycles. The summed E-state index contributed by atoms with van der Waals surface area (Å²) in [6.45, 7) is 1.18. The van der Waals surface area contributed by atoms with Crippen molar-refractivity contribution >= 4 is 0 Å². The quantitative estimate of drug-likeness (QED) is 0.784. The molecule has 3 nitrogen and oxygen atoms in total. The maximum Gasteiger partial charge on any atom is 0.123 e. The Hall–Kier alpha value is -1.06. The monoisotopic (exact) mass is 207 g/mol. The zero-order chi connectivity index (χ0) is 10.7. The summed E-state index contributed by atoms with van der Waals surface area (Å²) in [6, 6.07) is 6.38. The van der Waals surface area contributed by atoms with Crippen LogP contribution >= 0.6 is 0 Å². The van der Waals surface area contributed by atoms with Crippen molar-refractivity contribution in [3.63, 3.8) is 0 Å². The molecule has 1 atom stereocenters. The van der Waals surface area contributed by atoms with Gasteiger partial charge in [-0.3, -0.25) is 0 Å². The second-order valence-electron chi connectivity index (χ2n) is 3.80. The van der Waals surface area contributed by atoms with Gasteiger partial charge in [0.05, 0.1) is 7.11 Å². The highest BCUT2D eigenvalue weighted by Gasteiger charge is 2.22. The van der Waals surface area contributed by atoms with E-state index in [-0.39, 0.29) is 12.6 Å². The molecule has 2 N–H and O–H groups in total. The molecule has 1 aliphatic heterocycles. The summed E-state index contributed by atoms with van der Waals surface area (Å²) < 4.78 is 5.37. The Kier molecular flexibility index (Phi) is 3.23. The number of rotatable bonds is 3. The van der Waals surface area contributed by atoms with Crippen LogP contribution in [0, 0.1) is 0 Å². The van der Waals surface area contributed by atoms with Gasteiger partial charge in [-0.15, -0.1) is 0 Å². The van der Waals surface area contributed by atoms with Crippen LogP contribution in [0.1, 0.15) is 23.6 Å². The Morgan fingerprint density at radius 1 is 1.53 bits per heavy atom. The van der Waals surface area contributed by atoms with Crippen LogP contribution in [0.3, 0.4) is 0 Å². The Bertz CT molecular complexity index is 324. The average molecular weight is 207 g/mol. The summed E-state index contributed by atoms with van der Waals surface area (Å²) in [5.41, 5.74) is 2.56. The molecule has 1 unspecified atom stereocenters. The fourth-order valence-electron chi connectivity index (χ4n) is 2.24. The van der Waals surface area contributed by atoms with Gasteiger partial charge in [-0.2, -0.15) is 0 Å². The van der Waals surface area contributed by atoms with Crippen molar-refractivity contribution in [3.05, 3.63) is 29.3 Å². The second kappa shape index (κ2) is 4.64. The van der Waals surface area contributed by atoms with Gasteiger partial charge in [0.15, 0.2) is 0 Å². The van der Waals surface area contributed by atoms with Crippen LogP contribution in [0.5, 0.6) is 5.75 Å². The zero-order valence-electron chi connectivity index (χ0n) is 8.99. The summed E-state index contributed by atoms with van der Waals surface area (Å²) in [5.74, 6) is 0.929. The predicted molar refractivity (Wildman–Crippen MR) is 59.1 cm³/mol. The molecular formula is C12H17NO2. The van der Waals surface area contributed by atoms with Crippen LogP contribution < -0.4 is 10.1 Å². The third-order valence-corrected chi connectivity index (χ3v) is 2.93. The van der Waals surface area contributed by atoms with Crippen LogP contribution in [0.15, 0.2) is 18.2 Å². The minimum Gasteiger partial charge on any atom is -0.496 e. The molecule has 0 saturated heterocycles. The van der Waals surface area contributed by atoms with Crippen LogP contribution in [0.2, 0.25) is 0 Å². The first kappa shape index (κ1) is 10.5. The SMILES string of the molecule is COc1cccc2c1C(CCO)NCC2. The molecule has 0 bridgehead atoms. The first-order chi connectivity index (χ1) is 7.36. The van der Waals surface area contributed by atoms with E-state index >= 15 is 0 Å². The molecule has 0 aromatic heterocycles. The molecule has 0 fully saturated rings. The molecule has 1 aliphatic rings. The Labute approximate surface area is 90.1 Å². The van der Waals surface area contributed by atoms with E-state index < -0.39 is 0 Å². The van der Waals surface area contributed by atoms with Crippen molar-refractivity contribution in [2.75, 3.05) is 20.3 Å². The van der Waals surface area contributed by atoms with E-state index in [0.29, 0.717) is 0 Å². The number of nitrogens with one attached hydrogen (secondary N) is 1. The van der Waals surface area contributed by atoms with Crippen molar-refractivity contribution in [3.8, 4) is 5.75 Å². The molecule has 1 aromatic rings. The van der Waals surface area contributed by atoms with E-state index in [2.05, 4.69) is 11.4 Å². The van der Waals surface area contributed by atoms with Gasteiger partial charge >= 0.3 is 0 Å². The maximum atomic E-state index is 9.03. The first-order valence-corrected chi connectivity index (χ1v) is 5.37. The van der Waals surface area contributed by atoms with Crippen LogP contribution in [-0.2, 0) is 6.42 Å². The largest absolute Gasteiger partial charge is 0.496 e. The first-order valence-electron chi connectivity index (χ1n) is 5.37. The highest BCUT2D eigenvalue weighted by molar-refractivity contribution is 5.44. The lowest BCUT2D eigenvalue weighted by Gasteiger charge is -2.28. The number of benzene rings is 1. The highest BCUT2D eigenvalue weighted by atomic mass is 16.5. The fraction of sp³-hybridized carbons (Fsp3) is 0.500. The summed E-state index contributed by atoms with van der Waals surface area (Å²) in [5, 5.41) is 12.4. The van der Waals surface area contributed by atoms with E-state index in [4.69, 9.17) is 9.84 Å². The number of aliphatic hydroxyl groups is 1. The number of aliphatic hydroxyl groups excluding tert-OH is 1. The van der Waals surface area contributed by atoms with Gasteiger partial charge in [0, 0.05) is 18.2 Å². The lowest BCUT2D eigenvalue weighted by Crippen LogP contribution is -2.30. The molecule has 82 valence electrons. The number of hydrogen-bond donors (Lipinski definition) is 2. The normalized spacial score (nSPS) is 19.7. The standard InChI is InChI=1S/C12H17NO2/c1-15-11-4-2-3-9-5-7-13-10(6-8-14)12(9)11/h2-4,10,13-14H,5-8H2,1H3. The zero-order valence-corrected chi connectivity index (χ0v) is 8.99. The molecule has 2 rings (SSSR count). The molecular weight excluding hydrogens is 190 g/mol. The number of hydrogen-bond acceptors (Lipinski definition) is 3. The van der Waals surface area contributed by atoms with Gasteiger partial charge in [-0.1, -0.05) is 12.1 Å². The third-order valence-electron chi connectivity index (χ3n) is 2.93. The van der Waals surface area contributed by atoms with Crippen molar-refractivity contribution < 1.29 is 9.84 Å². The summed E-state index contributed by atoms with van der Waals surface area (Å²) in [6.07, 6.45) is 1.78. The van der Waals surface area contributed by atoms with Gasteiger partial charge in [0.2, 0.25) is 0 Å².